The molecule has 0 N–H and O–H groups in total. The van der Waals surface area contributed by atoms with Crippen LogP contribution in [0.1, 0.15) is 11.8 Å². The zero-order chi connectivity index (χ0) is 12.1. The van der Waals surface area contributed by atoms with Crippen LogP contribution in [0.5, 0.6) is 5.75 Å². The first-order valence-electron chi connectivity index (χ1n) is 5.47. The van der Waals surface area contributed by atoms with Crippen LogP contribution in [0.15, 0.2) is 23.6 Å². The monoisotopic (exact) mass is 249 g/mol. The molecule has 0 aliphatic rings. The smallest absolute Gasteiger partial charge is 0.417 e. The van der Waals surface area contributed by atoms with Gasteiger partial charge in [-0.1, -0.05) is 12.1 Å². The predicted octanol–water partition coefficient (Wildman–Crippen LogP) is 2.93. The van der Waals surface area contributed by atoms with E-state index in [0.717, 1.165) is 17.6 Å². The van der Waals surface area contributed by atoms with Crippen molar-refractivity contribution in [2.24, 2.45) is 0 Å². The van der Waals surface area contributed by atoms with E-state index in [2.05, 4.69) is 16.2 Å². The lowest BCUT2D eigenvalue weighted by atomic mass is 10.1. The van der Waals surface area contributed by atoms with Crippen LogP contribution < -0.4 is 4.74 Å². The minimum Gasteiger partial charge on any atom is -0.493 e. The fourth-order valence-corrected chi connectivity index (χ4v) is 2.77. The maximum atomic E-state index is 9.97. The summed E-state index contributed by atoms with van der Waals surface area (Å²) in [6, 6.07) is 6.02. The molecule has 0 bridgehead atoms. The minimum atomic E-state index is 0.373. The molecule has 3 nitrogen and oxygen atoms in total. The molecule has 0 saturated heterocycles. The van der Waals surface area contributed by atoms with E-state index in [9.17, 15) is 4.79 Å². The first-order chi connectivity index (χ1) is 8.36. The summed E-state index contributed by atoms with van der Waals surface area (Å²) in [6.45, 7) is 4.45. The van der Waals surface area contributed by atoms with Gasteiger partial charge >= 0.3 is 6.47 Å². The van der Waals surface area contributed by atoms with Crippen molar-refractivity contribution in [2.45, 2.75) is 13.3 Å². The number of fused-ring (bicyclic) bond motifs is 1. The maximum Gasteiger partial charge on any atom is 0.417 e. The molecule has 17 heavy (non-hydrogen) atoms. The second-order valence-electron chi connectivity index (χ2n) is 3.49. The molecule has 0 fully saturated rings. The fraction of sp³-hybridized carbons (Fsp3) is 0.308. The topological polar surface area (TPSA) is 35.5 Å². The lowest BCUT2D eigenvalue weighted by molar-refractivity contribution is 0.283. The average Bonchev–Trinajstić information content (AvgIpc) is 2.75. The molecule has 0 atom stereocenters. The zero-order valence-corrected chi connectivity index (χ0v) is 10.4. The summed E-state index contributed by atoms with van der Waals surface area (Å²) in [5.74, 6) is 0.912. The summed E-state index contributed by atoms with van der Waals surface area (Å²) < 4.78 is 10.2. The number of benzene rings is 1. The molecule has 0 aliphatic carbocycles. The average molecular weight is 249 g/mol. The summed E-state index contributed by atoms with van der Waals surface area (Å²) in [5, 5.41) is 4.39. The van der Waals surface area contributed by atoms with E-state index in [4.69, 9.17) is 4.74 Å². The quantitative estimate of drug-likeness (QED) is 0.738. The predicted molar refractivity (Wildman–Crippen MR) is 68.3 cm³/mol. The van der Waals surface area contributed by atoms with E-state index in [0.29, 0.717) is 13.2 Å². The lowest BCUT2D eigenvalue weighted by Gasteiger charge is -2.04. The molecule has 0 spiro atoms. The molecule has 4 heteroatoms. The molecule has 1 heterocycles. The van der Waals surface area contributed by atoms with Crippen molar-refractivity contribution < 1.29 is 14.3 Å². The van der Waals surface area contributed by atoms with E-state index < -0.39 is 0 Å². The van der Waals surface area contributed by atoms with Crippen LogP contribution in [0, 0.1) is 0 Å². The molecule has 0 saturated carbocycles. The van der Waals surface area contributed by atoms with Crippen molar-refractivity contribution in [1.82, 2.24) is 0 Å². The van der Waals surface area contributed by atoms with Gasteiger partial charge in [-0.05, 0) is 18.4 Å². The molecule has 1 radical (unpaired) electrons. The van der Waals surface area contributed by atoms with Crippen LogP contribution in [0.2, 0.25) is 0 Å². The lowest BCUT2D eigenvalue weighted by Crippen LogP contribution is -1.95. The molecule has 2 aromatic rings. The number of hydrogen-bond acceptors (Lipinski definition) is 4. The van der Waals surface area contributed by atoms with E-state index in [1.165, 1.54) is 16.7 Å². The Bertz CT molecular complexity index is 504. The van der Waals surface area contributed by atoms with Gasteiger partial charge in [0.15, 0.2) is 0 Å². The van der Waals surface area contributed by atoms with Gasteiger partial charge in [0, 0.05) is 22.1 Å². The highest BCUT2D eigenvalue weighted by Gasteiger charge is 2.08. The standard InChI is InChI=1S/C13H13O3S/c1-2-16-12-5-3-4-10-11(12)8-17-13(10)6-7-15-9-14/h3-5,8H,2,6-7H2,1H3. The van der Waals surface area contributed by atoms with Crippen molar-refractivity contribution in [3.8, 4) is 5.75 Å². The minimum absolute atomic E-state index is 0.373. The Morgan fingerprint density at radius 2 is 2.24 bits per heavy atom. The number of carbonyl (C=O) groups excluding carboxylic acids is 1. The van der Waals surface area contributed by atoms with E-state index in [1.807, 2.05) is 19.1 Å². The molecule has 0 amide bonds. The van der Waals surface area contributed by atoms with E-state index in [1.54, 1.807) is 11.3 Å². The third-order valence-corrected chi connectivity index (χ3v) is 3.54. The second kappa shape index (κ2) is 5.68. The van der Waals surface area contributed by atoms with Gasteiger partial charge in [0.05, 0.1) is 13.2 Å². The number of hydrogen-bond donors (Lipinski definition) is 0. The van der Waals surface area contributed by atoms with Crippen LogP contribution in [-0.2, 0) is 16.0 Å². The summed E-state index contributed by atoms with van der Waals surface area (Å²) in [4.78, 5) is 11.2. The van der Waals surface area contributed by atoms with Crippen molar-refractivity contribution in [3.05, 3.63) is 28.5 Å². The van der Waals surface area contributed by atoms with E-state index in [-0.39, 0.29) is 0 Å². The van der Waals surface area contributed by atoms with Gasteiger partial charge in [0.25, 0.3) is 0 Å². The molecule has 1 aromatic carbocycles. The van der Waals surface area contributed by atoms with Crippen molar-refractivity contribution in [2.75, 3.05) is 13.2 Å². The van der Waals surface area contributed by atoms with Gasteiger partial charge in [0.2, 0.25) is 0 Å². The fourth-order valence-electron chi connectivity index (χ4n) is 1.76. The summed E-state index contributed by atoms with van der Waals surface area (Å²) >= 11 is 1.66. The van der Waals surface area contributed by atoms with Gasteiger partial charge in [-0.2, -0.15) is 0 Å². The molecule has 0 aliphatic heterocycles. The van der Waals surface area contributed by atoms with E-state index >= 15 is 0 Å². The number of thiophene rings is 1. The number of ether oxygens (including phenoxy) is 2. The van der Waals surface area contributed by atoms with Crippen molar-refractivity contribution in [1.29, 1.82) is 0 Å². The van der Waals surface area contributed by atoms with Gasteiger partial charge in [-0.3, -0.25) is 0 Å². The summed E-state index contributed by atoms with van der Waals surface area (Å²) in [5.41, 5.74) is 0. The highest BCUT2D eigenvalue weighted by atomic mass is 32.1. The third-order valence-electron chi connectivity index (χ3n) is 2.48. The maximum absolute atomic E-state index is 9.97. The highest BCUT2D eigenvalue weighted by Crippen LogP contribution is 2.33. The van der Waals surface area contributed by atoms with Crippen LogP contribution in [-0.4, -0.2) is 19.7 Å². The Morgan fingerprint density at radius 1 is 1.35 bits per heavy atom. The molecule has 1 aromatic heterocycles. The molecule has 89 valence electrons. The Balaban J connectivity index is 2.27. The van der Waals surface area contributed by atoms with Gasteiger partial charge < -0.3 is 9.47 Å². The van der Waals surface area contributed by atoms with Gasteiger partial charge in [-0.15, -0.1) is 11.3 Å². The van der Waals surface area contributed by atoms with Crippen molar-refractivity contribution >= 4 is 28.6 Å². The Hall–Kier alpha value is -1.55. The molecule has 0 unspecified atom stereocenters. The second-order valence-corrected chi connectivity index (χ2v) is 4.46. The number of rotatable bonds is 6. The Labute approximate surface area is 104 Å². The summed E-state index contributed by atoms with van der Waals surface area (Å²) in [6.07, 6.45) is 0.721. The normalized spacial score (nSPS) is 10.4. The first-order valence-corrected chi connectivity index (χ1v) is 6.35. The third kappa shape index (κ3) is 2.58. The Morgan fingerprint density at radius 3 is 3.00 bits per heavy atom. The van der Waals surface area contributed by atoms with Gasteiger partial charge in [0.1, 0.15) is 5.75 Å². The summed E-state index contributed by atoms with van der Waals surface area (Å²) in [7, 11) is 0. The van der Waals surface area contributed by atoms with Crippen LogP contribution >= 0.6 is 11.3 Å². The Kier molecular flexibility index (Phi) is 3.98. The SMILES string of the molecule is CCOc1cccc2c(CCO[C]=O)scc12. The zero-order valence-electron chi connectivity index (χ0n) is 9.56. The van der Waals surface area contributed by atoms with Crippen LogP contribution in [0.4, 0.5) is 0 Å². The molecular weight excluding hydrogens is 236 g/mol. The first kappa shape index (κ1) is 11.9. The molecular formula is C13H13O3S. The molecule has 2 rings (SSSR count). The van der Waals surface area contributed by atoms with Crippen LogP contribution in [0.25, 0.3) is 10.8 Å². The largest absolute Gasteiger partial charge is 0.493 e. The van der Waals surface area contributed by atoms with Gasteiger partial charge in [-0.25, -0.2) is 4.79 Å². The highest BCUT2D eigenvalue weighted by molar-refractivity contribution is 7.11. The van der Waals surface area contributed by atoms with Crippen LogP contribution in [0.3, 0.4) is 0 Å². The van der Waals surface area contributed by atoms with Crippen molar-refractivity contribution in [3.63, 3.8) is 0 Å².